The summed E-state index contributed by atoms with van der Waals surface area (Å²) in [4.78, 5) is 0. The van der Waals surface area contributed by atoms with Gasteiger partial charge >= 0.3 is 0 Å². The van der Waals surface area contributed by atoms with Crippen LogP contribution in [-0.4, -0.2) is 11.7 Å². The van der Waals surface area contributed by atoms with Crippen molar-refractivity contribution >= 4 is 0 Å². The molecule has 0 saturated heterocycles. The van der Waals surface area contributed by atoms with Gasteiger partial charge < -0.3 is 10.8 Å². The van der Waals surface area contributed by atoms with Gasteiger partial charge in [0.15, 0.2) is 0 Å². The largest absolute Gasteiger partial charge is 0.508 e. The first-order chi connectivity index (χ1) is 5.70. The Bertz CT molecular complexity index is 161. The lowest BCUT2D eigenvalue weighted by molar-refractivity contribution is 0.428. The molecule has 0 aliphatic rings. The molecule has 0 aromatic rings. The third kappa shape index (κ3) is 5.98. The van der Waals surface area contributed by atoms with Crippen molar-refractivity contribution in [3.8, 4) is 0 Å². The molecule has 1 atom stereocenters. The molecular weight excluding hydrogens is 150 g/mol. The minimum atomic E-state index is 0.348. The highest BCUT2D eigenvalue weighted by Crippen LogP contribution is 2.04. The molecule has 2 heteroatoms. The molecule has 0 heterocycles. The fourth-order valence-corrected chi connectivity index (χ4v) is 0.899. The van der Waals surface area contributed by atoms with Crippen LogP contribution < -0.4 is 5.73 Å². The van der Waals surface area contributed by atoms with E-state index in [0.717, 1.165) is 12.8 Å². The van der Waals surface area contributed by atoms with Crippen molar-refractivity contribution in [2.75, 3.05) is 6.54 Å². The molecule has 0 aromatic carbocycles. The lowest BCUT2D eigenvalue weighted by Gasteiger charge is -2.01. The number of hydrogen-bond donors (Lipinski definition) is 2. The van der Waals surface area contributed by atoms with E-state index in [-0.39, 0.29) is 0 Å². The Labute approximate surface area is 74.8 Å². The smallest absolute Gasteiger partial charge is 0.111 e. The molecule has 0 bridgehead atoms. The lowest BCUT2D eigenvalue weighted by atomic mass is 10.1. The van der Waals surface area contributed by atoms with Crippen LogP contribution in [0.5, 0.6) is 0 Å². The van der Waals surface area contributed by atoms with Crippen molar-refractivity contribution in [1.29, 1.82) is 0 Å². The zero-order valence-electron chi connectivity index (χ0n) is 7.96. The predicted octanol–water partition coefficient (Wildman–Crippen LogP) is 2.38. The second kappa shape index (κ2) is 6.92. The molecule has 0 fully saturated rings. The van der Waals surface area contributed by atoms with Gasteiger partial charge in [0.05, 0.1) is 0 Å². The molecule has 0 radical (unpaired) electrons. The van der Waals surface area contributed by atoms with Gasteiger partial charge in [-0.15, -0.1) is 0 Å². The monoisotopic (exact) mass is 169 g/mol. The normalized spacial score (nSPS) is 15.4. The molecule has 0 aliphatic carbocycles. The zero-order valence-corrected chi connectivity index (χ0v) is 7.96. The van der Waals surface area contributed by atoms with Gasteiger partial charge in [-0.25, -0.2) is 0 Å². The van der Waals surface area contributed by atoms with Crippen molar-refractivity contribution in [2.24, 2.45) is 11.7 Å². The summed E-state index contributed by atoms with van der Waals surface area (Å²) in [5.74, 6) is 0.795. The molecule has 0 aromatic heterocycles. The van der Waals surface area contributed by atoms with E-state index >= 15 is 0 Å². The maximum absolute atomic E-state index is 9.21. The highest BCUT2D eigenvalue weighted by molar-refractivity contribution is 5.10. The molecule has 3 N–H and O–H groups in total. The van der Waals surface area contributed by atoms with Crippen molar-refractivity contribution in [3.05, 3.63) is 24.0 Å². The fraction of sp³-hybridized carbons (Fsp3) is 0.600. The first-order valence-electron chi connectivity index (χ1n) is 4.48. The Hall–Kier alpha value is -0.760. The molecule has 0 saturated carbocycles. The molecule has 12 heavy (non-hydrogen) atoms. The minimum absolute atomic E-state index is 0.348. The van der Waals surface area contributed by atoms with Gasteiger partial charge in [-0.1, -0.05) is 19.9 Å². The third-order valence-electron chi connectivity index (χ3n) is 1.63. The molecule has 0 aliphatic heterocycles. The first-order valence-corrected chi connectivity index (χ1v) is 4.48. The highest BCUT2D eigenvalue weighted by atomic mass is 16.3. The first kappa shape index (κ1) is 11.2. The van der Waals surface area contributed by atoms with Crippen LogP contribution in [0.15, 0.2) is 24.0 Å². The topological polar surface area (TPSA) is 46.2 Å². The molecule has 0 amide bonds. The van der Waals surface area contributed by atoms with Crippen molar-refractivity contribution in [2.45, 2.75) is 26.7 Å². The van der Waals surface area contributed by atoms with Crippen LogP contribution in [0.3, 0.4) is 0 Å². The van der Waals surface area contributed by atoms with E-state index in [1.54, 1.807) is 12.2 Å². The quantitative estimate of drug-likeness (QED) is 0.490. The van der Waals surface area contributed by atoms with Gasteiger partial charge in [-0.2, -0.15) is 0 Å². The van der Waals surface area contributed by atoms with Gasteiger partial charge in [-0.3, -0.25) is 0 Å². The van der Waals surface area contributed by atoms with E-state index in [2.05, 4.69) is 6.92 Å². The summed E-state index contributed by atoms with van der Waals surface area (Å²) in [6, 6.07) is 0. The molecule has 1 unspecified atom stereocenters. The summed E-state index contributed by atoms with van der Waals surface area (Å²) in [6.07, 6.45) is 7.33. The average molecular weight is 169 g/mol. The maximum atomic E-state index is 9.21. The predicted molar refractivity (Wildman–Crippen MR) is 53.0 cm³/mol. The Morgan fingerprint density at radius 1 is 1.58 bits per heavy atom. The van der Waals surface area contributed by atoms with E-state index < -0.39 is 0 Å². The van der Waals surface area contributed by atoms with Crippen molar-refractivity contribution < 1.29 is 5.11 Å². The number of allylic oxidation sites excluding steroid dienone is 3. The summed E-state index contributed by atoms with van der Waals surface area (Å²) in [7, 11) is 0. The number of nitrogens with two attached hydrogens (primary N) is 1. The van der Waals surface area contributed by atoms with Crippen LogP contribution in [0.25, 0.3) is 0 Å². The molecule has 0 spiro atoms. The highest BCUT2D eigenvalue weighted by Gasteiger charge is 1.93. The minimum Gasteiger partial charge on any atom is -0.508 e. The Balaban J connectivity index is 3.80. The van der Waals surface area contributed by atoms with Gasteiger partial charge in [0.1, 0.15) is 5.76 Å². The van der Waals surface area contributed by atoms with Crippen LogP contribution in [0, 0.1) is 5.92 Å². The van der Waals surface area contributed by atoms with E-state index in [0.29, 0.717) is 18.2 Å². The van der Waals surface area contributed by atoms with Crippen LogP contribution in [0.4, 0.5) is 0 Å². The van der Waals surface area contributed by atoms with Crippen LogP contribution in [0.2, 0.25) is 0 Å². The average Bonchev–Trinajstić information content (AvgIpc) is 2.02. The fourth-order valence-electron chi connectivity index (χ4n) is 0.899. The van der Waals surface area contributed by atoms with E-state index in [1.807, 2.05) is 13.0 Å². The SMILES string of the molecule is CC/C=C(O)\C=C/C(C)CCN. The van der Waals surface area contributed by atoms with Gasteiger partial charge in [0.25, 0.3) is 0 Å². The van der Waals surface area contributed by atoms with Crippen molar-refractivity contribution in [3.63, 3.8) is 0 Å². The Kier molecular flexibility index (Phi) is 6.48. The second-order valence-electron chi connectivity index (χ2n) is 2.95. The zero-order chi connectivity index (χ0) is 9.40. The summed E-state index contributed by atoms with van der Waals surface area (Å²) in [6.45, 7) is 4.78. The van der Waals surface area contributed by atoms with Crippen molar-refractivity contribution in [1.82, 2.24) is 0 Å². The Morgan fingerprint density at radius 2 is 2.25 bits per heavy atom. The Morgan fingerprint density at radius 3 is 2.75 bits per heavy atom. The number of rotatable bonds is 5. The number of hydrogen-bond acceptors (Lipinski definition) is 2. The number of aliphatic hydroxyl groups is 1. The summed E-state index contributed by atoms with van der Waals surface area (Å²) in [5, 5.41) is 9.21. The van der Waals surface area contributed by atoms with E-state index in [4.69, 9.17) is 5.73 Å². The molecule has 2 nitrogen and oxygen atoms in total. The van der Waals surface area contributed by atoms with E-state index in [9.17, 15) is 5.11 Å². The summed E-state index contributed by atoms with van der Waals surface area (Å²) in [5.41, 5.74) is 5.38. The molecule has 70 valence electrons. The van der Waals surface area contributed by atoms with Gasteiger partial charge in [-0.05, 0) is 37.5 Å². The maximum Gasteiger partial charge on any atom is 0.111 e. The second-order valence-corrected chi connectivity index (χ2v) is 2.95. The number of aliphatic hydroxyl groups excluding tert-OH is 1. The summed E-state index contributed by atoms with van der Waals surface area (Å²) < 4.78 is 0. The molecule has 0 rings (SSSR count). The van der Waals surface area contributed by atoms with Crippen LogP contribution in [-0.2, 0) is 0 Å². The van der Waals surface area contributed by atoms with Gasteiger partial charge in [0.2, 0.25) is 0 Å². The van der Waals surface area contributed by atoms with Gasteiger partial charge in [0, 0.05) is 0 Å². The molecular formula is C10H19NO. The van der Waals surface area contributed by atoms with Crippen LogP contribution >= 0.6 is 0 Å². The van der Waals surface area contributed by atoms with E-state index in [1.165, 1.54) is 0 Å². The van der Waals surface area contributed by atoms with Crippen LogP contribution in [0.1, 0.15) is 26.7 Å². The third-order valence-corrected chi connectivity index (χ3v) is 1.63. The lowest BCUT2D eigenvalue weighted by Crippen LogP contribution is -2.03. The standard InChI is InChI=1S/C10H19NO/c1-3-4-10(12)6-5-9(2)7-8-11/h4-6,9,12H,3,7-8,11H2,1-2H3/b6-5-,10-4+. The summed E-state index contributed by atoms with van der Waals surface area (Å²) >= 11 is 0.